The number of anilines is 1. The maximum atomic E-state index is 13.0. The van der Waals surface area contributed by atoms with Crippen molar-refractivity contribution in [3.63, 3.8) is 0 Å². The van der Waals surface area contributed by atoms with Gasteiger partial charge in [0.15, 0.2) is 0 Å². The van der Waals surface area contributed by atoms with Gasteiger partial charge in [0.25, 0.3) is 23.2 Å². The first-order valence-corrected chi connectivity index (χ1v) is 10.7. The fraction of sp³-hybridized carbons (Fsp3) is 0. The van der Waals surface area contributed by atoms with Crippen LogP contribution in [0.5, 0.6) is 0 Å². The number of benzene rings is 3. The standard InChI is InChI=1S/C22H13Cl3N4O6/c23-13-8-14(24)10-15(9-13)26-22(31)20(7-12-2-1-3-16(6-12)28(32)33)27-21(30)18-11-17(29(34)35)4-5-19(18)25/h1-11H,(H,26,31)(H,27,30)/b20-7-. The van der Waals surface area contributed by atoms with Crippen LogP contribution < -0.4 is 10.6 Å². The molecule has 0 aliphatic rings. The highest BCUT2D eigenvalue weighted by atomic mass is 35.5. The van der Waals surface area contributed by atoms with E-state index in [1.54, 1.807) is 0 Å². The number of nitrogens with zero attached hydrogens (tertiary/aromatic N) is 2. The van der Waals surface area contributed by atoms with Crippen molar-refractivity contribution in [2.45, 2.75) is 0 Å². The molecule has 0 aliphatic carbocycles. The Morgan fingerprint density at radius 3 is 2.09 bits per heavy atom. The predicted molar refractivity (Wildman–Crippen MR) is 132 cm³/mol. The second-order valence-electron chi connectivity index (χ2n) is 6.90. The molecule has 0 heterocycles. The fourth-order valence-corrected chi connectivity index (χ4v) is 3.60. The summed E-state index contributed by atoms with van der Waals surface area (Å²) in [4.78, 5) is 46.8. The summed E-state index contributed by atoms with van der Waals surface area (Å²) in [6, 6.07) is 12.8. The van der Waals surface area contributed by atoms with Gasteiger partial charge < -0.3 is 10.6 Å². The van der Waals surface area contributed by atoms with E-state index in [1.807, 2.05) is 0 Å². The average Bonchev–Trinajstić information content (AvgIpc) is 2.78. The molecule has 0 saturated heterocycles. The lowest BCUT2D eigenvalue weighted by Crippen LogP contribution is -2.31. The Kier molecular flexibility index (Phi) is 8.02. The zero-order valence-corrected chi connectivity index (χ0v) is 19.6. The zero-order chi connectivity index (χ0) is 25.7. The molecule has 0 aliphatic heterocycles. The number of carbonyl (C=O) groups is 2. The number of nitrogens with one attached hydrogen (secondary N) is 2. The minimum absolute atomic E-state index is 0.0927. The molecule has 10 nitrogen and oxygen atoms in total. The van der Waals surface area contributed by atoms with Crippen LogP contribution in [0.1, 0.15) is 15.9 Å². The van der Waals surface area contributed by atoms with E-state index in [-0.39, 0.29) is 49.0 Å². The smallest absolute Gasteiger partial charge is 0.272 e. The zero-order valence-electron chi connectivity index (χ0n) is 17.3. The number of rotatable bonds is 7. The summed E-state index contributed by atoms with van der Waals surface area (Å²) in [5.74, 6) is -1.75. The Morgan fingerprint density at radius 2 is 1.46 bits per heavy atom. The second-order valence-corrected chi connectivity index (χ2v) is 8.18. The lowest BCUT2D eigenvalue weighted by Gasteiger charge is -2.12. The van der Waals surface area contributed by atoms with Crippen LogP contribution in [0.4, 0.5) is 17.1 Å². The van der Waals surface area contributed by atoms with Gasteiger partial charge in [-0.15, -0.1) is 0 Å². The van der Waals surface area contributed by atoms with Crippen LogP contribution in [0.15, 0.2) is 66.4 Å². The third-order valence-electron chi connectivity index (χ3n) is 4.41. The van der Waals surface area contributed by atoms with E-state index in [1.165, 1.54) is 54.6 Å². The van der Waals surface area contributed by atoms with E-state index in [4.69, 9.17) is 34.8 Å². The molecule has 0 fully saturated rings. The molecule has 3 aromatic carbocycles. The van der Waals surface area contributed by atoms with Crippen LogP contribution in [0.2, 0.25) is 15.1 Å². The molecule has 2 N–H and O–H groups in total. The number of hydrogen-bond donors (Lipinski definition) is 2. The molecule has 0 aromatic heterocycles. The summed E-state index contributed by atoms with van der Waals surface area (Å²) in [6.07, 6.45) is 1.19. The molecule has 2 amide bonds. The number of nitro groups is 2. The largest absolute Gasteiger partial charge is 0.321 e. The lowest BCUT2D eigenvalue weighted by atomic mass is 10.1. The fourth-order valence-electron chi connectivity index (χ4n) is 2.87. The van der Waals surface area contributed by atoms with E-state index in [0.29, 0.717) is 0 Å². The maximum Gasteiger partial charge on any atom is 0.272 e. The molecule has 35 heavy (non-hydrogen) atoms. The highest BCUT2D eigenvalue weighted by Crippen LogP contribution is 2.25. The molecule has 3 rings (SSSR count). The van der Waals surface area contributed by atoms with Crippen LogP contribution in [-0.4, -0.2) is 21.7 Å². The monoisotopic (exact) mass is 534 g/mol. The van der Waals surface area contributed by atoms with Crippen molar-refractivity contribution in [3.8, 4) is 0 Å². The molecule has 0 saturated carbocycles. The van der Waals surface area contributed by atoms with Crippen molar-refractivity contribution in [1.82, 2.24) is 5.32 Å². The number of halogens is 3. The molecule has 13 heteroatoms. The first kappa shape index (κ1) is 25.6. The van der Waals surface area contributed by atoms with E-state index in [0.717, 1.165) is 12.1 Å². The Bertz CT molecular complexity index is 1370. The Balaban J connectivity index is 2.00. The van der Waals surface area contributed by atoms with Crippen LogP contribution in [-0.2, 0) is 4.79 Å². The van der Waals surface area contributed by atoms with Crippen molar-refractivity contribution in [3.05, 3.63) is 113 Å². The number of non-ortho nitro benzene ring substituents is 2. The molecule has 0 bridgehead atoms. The first-order chi connectivity index (χ1) is 16.5. The second kappa shape index (κ2) is 11.0. The maximum absolute atomic E-state index is 13.0. The molecule has 0 spiro atoms. The highest BCUT2D eigenvalue weighted by molar-refractivity contribution is 6.35. The average molecular weight is 536 g/mol. The van der Waals surface area contributed by atoms with E-state index >= 15 is 0 Å². The van der Waals surface area contributed by atoms with Crippen molar-refractivity contribution in [2.24, 2.45) is 0 Å². The summed E-state index contributed by atoms with van der Waals surface area (Å²) in [5.41, 5.74) is -0.799. The van der Waals surface area contributed by atoms with Crippen molar-refractivity contribution in [2.75, 3.05) is 5.32 Å². The SMILES string of the molecule is O=C(Nc1cc(Cl)cc(Cl)c1)/C(=C/c1cccc([N+](=O)[O-])c1)NC(=O)c1cc([N+](=O)[O-])ccc1Cl. The molecule has 0 atom stereocenters. The number of nitro benzene ring substituents is 2. The van der Waals surface area contributed by atoms with Gasteiger partial charge in [0.05, 0.1) is 20.4 Å². The number of carbonyl (C=O) groups excluding carboxylic acids is 2. The van der Waals surface area contributed by atoms with Gasteiger partial charge in [0.2, 0.25) is 0 Å². The summed E-state index contributed by atoms with van der Waals surface area (Å²) in [7, 11) is 0. The number of amides is 2. The molecule has 0 unspecified atom stereocenters. The summed E-state index contributed by atoms with van der Waals surface area (Å²) in [6.45, 7) is 0. The van der Waals surface area contributed by atoms with Crippen molar-refractivity contribution in [1.29, 1.82) is 0 Å². The minimum Gasteiger partial charge on any atom is -0.321 e. The third-order valence-corrected chi connectivity index (χ3v) is 5.18. The van der Waals surface area contributed by atoms with Gasteiger partial charge in [-0.05, 0) is 35.9 Å². The normalized spacial score (nSPS) is 11.0. The van der Waals surface area contributed by atoms with E-state index in [9.17, 15) is 29.8 Å². The van der Waals surface area contributed by atoms with E-state index < -0.39 is 21.7 Å². The van der Waals surface area contributed by atoms with Crippen LogP contribution in [0.25, 0.3) is 6.08 Å². The first-order valence-electron chi connectivity index (χ1n) is 9.52. The van der Waals surface area contributed by atoms with Gasteiger partial charge in [-0.2, -0.15) is 0 Å². The van der Waals surface area contributed by atoms with Gasteiger partial charge in [-0.3, -0.25) is 29.8 Å². The Hall–Kier alpha value is -3.99. The van der Waals surface area contributed by atoms with Crippen LogP contribution >= 0.6 is 34.8 Å². The van der Waals surface area contributed by atoms with Crippen molar-refractivity contribution >= 4 is 69.8 Å². The Labute approximate surface area is 212 Å². The lowest BCUT2D eigenvalue weighted by molar-refractivity contribution is -0.385. The van der Waals surface area contributed by atoms with Gasteiger partial charge in [0, 0.05) is 40.0 Å². The van der Waals surface area contributed by atoms with Gasteiger partial charge in [-0.1, -0.05) is 46.9 Å². The predicted octanol–water partition coefficient (Wildman–Crippen LogP) is 5.87. The summed E-state index contributed by atoms with van der Waals surface area (Å²) < 4.78 is 0. The molecular formula is C22H13Cl3N4O6. The third kappa shape index (κ3) is 6.76. The summed E-state index contributed by atoms with van der Waals surface area (Å²) >= 11 is 17.9. The summed E-state index contributed by atoms with van der Waals surface area (Å²) in [5, 5.41) is 27.4. The van der Waals surface area contributed by atoms with Gasteiger partial charge in [0.1, 0.15) is 5.70 Å². The molecule has 0 radical (unpaired) electrons. The Morgan fingerprint density at radius 1 is 0.829 bits per heavy atom. The van der Waals surface area contributed by atoms with E-state index in [2.05, 4.69) is 10.6 Å². The highest BCUT2D eigenvalue weighted by Gasteiger charge is 2.20. The van der Waals surface area contributed by atoms with Crippen LogP contribution in [0.3, 0.4) is 0 Å². The quantitative estimate of drug-likeness (QED) is 0.220. The van der Waals surface area contributed by atoms with Crippen molar-refractivity contribution < 1.29 is 19.4 Å². The van der Waals surface area contributed by atoms with Gasteiger partial charge >= 0.3 is 0 Å². The minimum atomic E-state index is -0.922. The molecular weight excluding hydrogens is 523 g/mol. The number of hydrogen-bond acceptors (Lipinski definition) is 6. The topological polar surface area (TPSA) is 144 Å². The van der Waals surface area contributed by atoms with Crippen LogP contribution in [0, 0.1) is 20.2 Å². The molecule has 178 valence electrons. The van der Waals surface area contributed by atoms with Gasteiger partial charge in [-0.25, -0.2) is 0 Å². The molecule has 3 aromatic rings.